The van der Waals surface area contributed by atoms with Gasteiger partial charge in [-0.1, -0.05) is 35.5 Å². The van der Waals surface area contributed by atoms with Gasteiger partial charge in [-0.15, -0.1) is 0 Å². The van der Waals surface area contributed by atoms with E-state index in [1.807, 2.05) is 11.8 Å². The molecule has 20 heavy (non-hydrogen) atoms. The van der Waals surface area contributed by atoms with Gasteiger partial charge in [0, 0.05) is 16.7 Å². The van der Waals surface area contributed by atoms with Crippen molar-refractivity contribution in [3.63, 3.8) is 0 Å². The summed E-state index contributed by atoms with van der Waals surface area (Å²) in [7, 11) is 1.35. The topological polar surface area (TPSA) is 49.8 Å². The summed E-state index contributed by atoms with van der Waals surface area (Å²) in [4.78, 5) is 13.9. The van der Waals surface area contributed by atoms with E-state index in [9.17, 15) is 9.90 Å². The van der Waals surface area contributed by atoms with E-state index in [4.69, 9.17) is 4.74 Å². The first kappa shape index (κ1) is 17.0. The van der Waals surface area contributed by atoms with E-state index in [1.165, 1.54) is 7.11 Å². The molecule has 0 spiro atoms. The van der Waals surface area contributed by atoms with Gasteiger partial charge in [0.25, 0.3) is 0 Å². The summed E-state index contributed by atoms with van der Waals surface area (Å²) in [6, 6.07) is 0.0574. The van der Waals surface area contributed by atoms with Crippen LogP contribution in [0, 0.1) is 5.92 Å². The summed E-state index contributed by atoms with van der Waals surface area (Å²) >= 11 is 3.35. The van der Waals surface area contributed by atoms with E-state index in [-0.39, 0.29) is 12.6 Å². The standard InChI is InChI=1S/C15H22BrNO3/c1-5-13(16)12(15(19)20-4)8-11(3)17-7-6-10(2)14(17)9-18/h5,8,10,14,18H,3,6-7,9H2,1-2,4H3/b12-8+,13-5+/t10?,14-/m0/s1. The fraction of sp³-hybridized carbons (Fsp3) is 0.533. The molecule has 0 bridgehead atoms. The van der Waals surface area contributed by atoms with Crippen molar-refractivity contribution in [2.75, 3.05) is 20.3 Å². The van der Waals surface area contributed by atoms with Crippen LogP contribution in [-0.4, -0.2) is 42.3 Å². The quantitative estimate of drug-likeness (QED) is 0.473. The number of esters is 1. The van der Waals surface area contributed by atoms with Crippen LogP contribution in [-0.2, 0) is 9.53 Å². The number of rotatable bonds is 5. The zero-order valence-electron chi connectivity index (χ0n) is 12.2. The average molecular weight is 344 g/mol. The van der Waals surface area contributed by atoms with Crippen molar-refractivity contribution in [1.29, 1.82) is 0 Å². The molecule has 1 aliphatic rings. The molecular formula is C15H22BrNO3. The number of halogens is 1. The molecule has 1 saturated heterocycles. The van der Waals surface area contributed by atoms with Gasteiger partial charge in [-0.25, -0.2) is 4.79 Å². The van der Waals surface area contributed by atoms with E-state index in [0.717, 1.165) is 13.0 Å². The number of aliphatic hydroxyl groups excluding tert-OH is 1. The molecule has 4 nitrogen and oxygen atoms in total. The zero-order chi connectivity index (χ0) is 15.3. The molecule has 5 heteroatoms. The van der Waals surface area contributed by atoms with Gasteiger partial charge in [0.05, 0.1) is 25.3 Å². The molecule has 0 aromatic rings. The predicted molar refractivity (Wildman–Crippen MR) is 83.3 cm³/mol. The summed E-state index contributed by atoms with van der Waals surface area (Å²) in [5, 5.41) is 9.48. The predicted octanol–water partition coefficient (Wildman–Crippen LogP) is 2.60. The highest BCUT2D eigenvalue weighted by Crippen LogP contribution is 2.29. The number of hydrogen-bond donors (Lipinski definition) is 1. The monoisotopic (exact) mass is 343 g/mol. The van der Waals surface area contributed by atoms with Crippen LogP contribution in [0.5, 0.6) is 0 Å². The highest BCUT2D eigenvalue weighted by molar-refractivity contribution is 9.12. The summed E-state index contributed by atoms with van der Waals surface area (Å²) in [5.41, 5.74) is 1.14. The van der Waals surface area contributed by atoms with Crippen LogP contribution < -0.4 is 0 Å². The van der Waals surface area contributed by atoms with Crippen molar-refractivity contribution < 1.29 is 14.6 Å². The van der Waals surface area contributed by atoms with Crippen LogP contribution >= 0.6 is 15.9 Å². The second kappa shape index (κ2) is 7.64. The minimum absolute atomic E-state index is 0.0574. The number of carbonyl (C=O) groups is 1. The number of likely N-dealkylation sites (tertiary alicyclic amines) is 1. The summed E-state index contributed by atoms with van der Waals surface area (Å²) in [6.07, 6.45) is 4.50. The van der Waals surface area contributed by atoms with Crippen molar-refractivity contribution in [2.45, 2.75) is 26.3 Å². The Bertz CT molecular complexity index is 442. The van der Waals surface area contributed by atoms with E-state index in [0.29, 0.717) is 21.7 Å². The molecule has 1 aliphatic heterocycles. The van der Waals surface area contributed by atoms with Gasteiger partial charge < -0.3 is 14.7 Å². The normalized spacial score (nSPS) is 23.9. The fourth-order valence-electron chi connectivity index (χ4n) is 2.38. The first-order valence-corrected chi connectivity index (χ1v) is 7.44. The minimum atomic E-state index is -0.413. The number of nitrogens with zero attached hydrogens (tertiary/aromatic N) is 1. The van der Waals surface area contributed by atoms with Crippen molar-refractivity contribution in [3.8, 4) is 0 Å². The number of aliphatic hydroxyl groups is 1. The first-order chi connectivity index (χ1) is 9.46. The van der Waals surface area contributed by atoms with Crippen molar-refractivity contribution >= 4 is 21.9 Å². The molecule has 0 amide bonds. The largest absolute Gasteiger partial charge is 0.465 e. The van der Waals surface area contributed by atoms with Crippen LogP contribution in [0.2, 0.25) is 0 Å². The lowest BCUT2D eigenvalue weighted by molar-refractivity contribution is -0.135. The van der Waals surface area contributed by atoms with Crippen molar-refractivity contribution in [2.24, 2.45) is 5.92 Å². The third-order valence-electron chi connectivity index (χ3n) is 3.67. The molecule has 0 aliphatic carbocycles. The molecule has 2 atom stereocenters. The third kappa shape index (κ3) is 3.73. The molecule has 0 aromatic heterocycles. The molecule has 1 N–H and O–H groups in total. The third-order valence-corrected chi connectivity index (χ3v) is 4.55. The van der Waals surface area contributed by atoms with Gasteiger partial charge >= 0.3 is 5.97 Å². The number of carbonyl (C=O) groups excluding carboxylic acids is 1. The second-order valence-electron chi connectivity index (χ2n) is 4.89. The minimum Gasteiger partial charge on any atom is -0.465 e. The van der Waals surface area contributed by atoms with Gasteiger partial charge in [0.1, 0.15) is 0 Å². The Morgan fingerprint density at radius 1 is 1.60 bits per heavy atom. The van der Waals surface area contributed by atoms with Crippen LogP contribution in [0.1, 0.15) is 20.3 Å². The Balaban J connectivity index is 3.00. The van der Waals surface area contributed by atoms with Gasteiger partial charge in [0.15, 0.2) is 0 Å². The molecular weight excluding hydrogens is 322 g/mol. The first-order valence-electron chi connectivity index (χ1n) is 6.64. The van der Waals surface area contributed by atoms with Gasteiger partial charge in [-0.3, -0.25) is 0 Å². The van der Waals surface area contributed by atoms with Gasteiger partial charge in [-0.2, -0.15) is 0 Å². The maximum atomic E-state index is 11.8. The number of methoxy groups -OCH3 is 1. The fourth-order valence-corrected chi connectivity index (χ4v) is 2.66. The average Bonchev–Trinajstić information content (AvgIpc) is 2.83. The Morgan fingerprint density at radius 2 is 2.25 bits per heavy atom. The SMILES string of the molecule is C=C(/C=C(C(=O)OC)\C(Br)=C/C)N1CCC(C)[C@@H]1CO. The Morgan fingerprint density at radius 3 is 2.75 bits per heavy atom. The van der Waals surface area contributed by atoms with Gasteiger partial charge in [0.2, 0.25) is 0 Å². The summed E-state index contributed by atoms with van der Waals surface area (Å²) in [6.45, 7) is 8.90. The second-order valence-corrected chi connectivity index (χ2v) is 5.74. The summed E-state index contributed by atoms with van der Waals surface area (Å²) in [5.74, 6) is 0.000744. The molecule has 1 unspecified atom stereocenters. The van der Waals surface area contributed by atoms with E-state index in [2.05, 4.69) is 29.4 Å². The Hall–Kier alpha value is -1.07. The lowest BCUT2D eigenvalue weighted by Gasteiger charge is -2.27. The number of ether oxygens (including phenoxy) is 1. The maximum Gasteiger partial charge on any atom is 0.339 e. The van der Waals surface area contributed by atoms with E-state index < -0.39 is 5.97 Å². The molecule has 0 aromatic carbocycles. The van der Waals surface area contributed by atoms with E-state index >= 15 is 0 Å². The molecule has 1 rings (SSSR count). The Kier molecular flexibility index (Phi) is 6.49. The highest BCUT2D eigenvalue weighted by Gasteiger charge is 2.31. The lowest BCUT2D eigenvalue weighted by Crippen LogP contribution is -2.34. The van der Waals surface area contributed by atoms with Crippen LogP contribution in [0.25, 0.3) is 0 Å². The number of allylic oxidation sites excluding steroid dienone is 2. The van der Waals surface area contributed by atoms with Crippen LogP contribution in [0.4, 0.5) is 0 Å². The number of hydrogen-bond acceptors (Lipinski definition) is 4. The molecule has 1 heterocycles. The molecule has 1 fully saturated rings. The molecule has 0 radical (unpaired) electrons. The smallest absolute Gasteiger partial charge is 0.339 e. The lowest BCUT2D eigenvalue weighted by atomic mass is 10.0. The van der Waals surface area contributed by atoms with Crippen LogP contribution in [0.15, 0.2) is 34.5 Å². The zero-order valence-corrected chi connectivity index (χ0v) is 13.8. The maximum absolute atomic E-state index is 11.8. The highest BCUT2D eigenvalue weighted by atomic mass is 79.9. The van der Waals surface area contributed by atoms with Crippen molar-refractivity contribution in [3.05, 3.63) is 34.5 Å². The van der Waals surface area contributed by atoms with Gasteiger partial charge in [-0.05, 0) is 25.3 Å². The van der Waals surface area contributed by atoms with Crippen LogP contribution in [0.3, 0.4) is 0 Å². The van der Waals surface area contributed by atoms with E-state index in [1.54, 1.807) is 12.2 Å². The summed E-state index contributed by atoms with van der Waals surface area (Å²) < 4.78 is 5.45. The van der Waals surface area contributed by atoms with Crippen molar-refractivity contribution in [1.82, 2.24) is 4.90 Å². The molecule has 112 valence electrons. The Labute approximate surface area is 128 Å². The molecule has 0 saturated carbocycles.